The van der Waals surface area contributed by atoms with Crippen molar-refractivity contribution < 1.29 is 14.2 Å². The van der Waals surface area contributed by atoms with Crippen LogP contribution in [0.5, 0.6) is 0 Å². The van der Waals surface area contributed by atoms with Crippen LogP contribution >= 0.6 is 0 Å². The smallest absolute Gasteiger partial charge is 0.160 e. The summed E-state index contributed by atoms with van der Waals surface area (Å²) in [6, 6.07) is 0. The highest BCUT2D eigenvalue weighted by Gasteiger charge is 2.14. The molecule has 0 aliphatic carbocycles. The highest BCUT2D eigenvalue weighted by molar-refractivity contribution is 4.56. The standard InChI is InChI=1S/C10H20O3/c1-3-12-10-6-8-11-7-4-5-9(2)13-10/h9-10H,3-8H2,1-2H3. The summed E-state index contributed by atoms with van der Waals surface area (Å²) in [5.74, 6) is 0. The lowest BCUT2D eigenvalue weighted by molar-refractivity contribution is -0.169. The molecule has 3 heteroatoms. The minimum absolute atomic E-state index is 0.0712. The monoisotopic (exact) mass is 188 g/mol. The van der Waals surface area contributed by atoms with Crippen LogP contribution in [-0.4, -0.2) is 32.2 Å². The molecule has 0 radical (unpaired) electrons. The zero-order valence-electron chi connectivity index (χ0n) is 8.62. The van der Waals surface area contributed by atoms with Crippen LogP contribution in [0.15, 0.2) is 0 Å². The predicted octanol–water partition coefficient (Wildman–Crippen LogP) is 1.95. The normalized spacial score (nSPS) is 31.8. The minimum Gasteiger partial charge on any atom is -0.381 e. The highest BCUT2D eigenvalue weighted by Crippen LogP contribution is 2.12. The molecule has 0 spiro atoms. The first kappa shape index (κ1) is 11.0. The van der Waals surface area contributed by atoms with Gasteiger partial charge in [-0.25, -0.2) is 0 Å². The first-order valence-corrected chi connectivity index (χ1v) is 5.17. The Kier molecular flexibility index (Phi) is 5.35. The lowest BCUT2D eigenvalue weighted by atomic mass is 10.2. The minimum atomic E-state index is -0.0712. The van der Waals surface area contributed by atoms with E-state index in [4.69, 9.17) is 14.2 Å². The molecule has 0 aromatic carbocycles. The van der Waals surface area contributed by atoms with Crippen molar-refractivity contribution >= 4 is 0 Å². The molecule has 0 saturated carbocycles. The molecule has 2 atom stereocenters. The van der Waals surface area contributed by atoms with Gasteiger partial charge in [0.15, 0.2) is 6.29 Å². The van der Waals surface area contributed by atoms with Crippen molar-refractivity contribution in [2.75, 3.05) is 19.8 Å². The van der Waals surface area contributed by atoms with Gasteiger partial charge >= 0.3 is 0 Å². The maximum Gasteiger partial charge on any atom is 0.160 e. The summed E-state index contributed by atoms with van der Waals surface area (Å²) in [5.41, 5.74) is 0. The van der Waals surface area contributed by atoms with E-state index in [0.29, 0.717) is 12.7 Å². The molecule has 1 fully saturated rings. The Morgan fingerprint density at radius 1 is 1.31 bits per heavy atom. The summed E-state index contributed by atoms with van der Waals surface area (Å²) in [5, 5.41) is 0. The van der Waals surface area contributed by atoms with Crippen LogP contribution in [0.25, 0.3) is 0 Å². The molecule has 13 heavy (non-hydrogen) atoms. The fourth-order valence-corrected chi connectivity index (χ4v) is 1.46. The number of hydrogen-bond acceptors (Lipinski definition) is 3. The van der Waals surface area contributed by atoms with E-state index >= 15 is 0 Å². The van der Waals surface area contributed by atoms with Crippen LogP contribution in [0.2, 0.25) is 0 Å². The molecule has 1 aliphatic heterocycles. The molecule has 1 aliphatic rings. The molecule has 1 saturated heterocycles. The summed E-state index contributed by atoms with van der Waals surface area (Å²) < 4.78 is 16.6. The van der Waals surface area contributed by atoms with Gasteiger partial charge in [-0.05, 0) is 26.7 Å². The van der Waals surface area contributed by atoms with E-state index in [1.165, 1.54) is 0 Å². The van der Waals surface area contributed by atoms with Crippen LogP contribution in [0.4, 0.5) is 0 Å². The van der Waals surface area contributed by atoms with Crippen LogP contribution in [0.1, 0.15) is 33.1 Å². The Morgan fingerprint density at radius 2 is 2.15 bits per heavy atom. The summed E-state index contributed by atoms with van der Waals surface area (Å²) in [7, 11) is 0. The quantitative estimate of drug-likeness (QED) is 0.663. The van der Waals surface area contributed by atoms with Gasteiger partial charge in [0.25, 0.3) is 0 Å². The van der Waals surface area contributed by atoms with Crippen molar-refractivity contribution in [3.05, 3.63) is 0 Å². The average molecular weight is 188 g/mol. The molecular formula is C10H20O3. The van der Waals surface area contributed by atoms with Crippen molar-refractivity contribution in [1.29, 1.82) is 0 Å². The molecule has 2 unspecified atom stereocenters. The fraction of sp³-hybridized carbons (Fsp3) is 1.00. The van der Waals surface area contributed by atoms with Gasteiger partial charge in [0, 0.05) is 19.6 Å². The van der Waals surface area contributed by atoms with Crippen LogP contribution < -0.4 is 0 Å². The molecule has 0 bridgehead atoms. The van der Waals surface area contributed by atoms with Gasteiger partial charge in [0.1, 0.15) is 0 Å². The van der Waals surface area contributed by atoms with Crippen LogP contribution in [0, 0.1) is 0 Å². The van der Waals surface area contributed by atoms with Crippen molar-refractivity contribution in [1.82, 2.24) is 0 Å². The Labute approximate surface area is 80.4 Å². The zero-order valence-corrected chi connectivity index (χ0v) is 8.62. The topological polar surface area (TPSA) is 27.7 Å². The van der Waals surface area contributed by atoms with E-state index < -0.39 is 0 Å². The van der Waals surface area contributed by atoms with Crippen LogP contribution in [-0.2, 0) is 14.2 Å². The van der Waals surface area contributed by atoms with E-state index in [-0.39, 0.29) is 6.29 Å². The Morgan fingerprint density at radius 3 is 2.92 bits per heavy atom. The third-order valence-electron chi connectivity index (χ3n) is 2.13. The molecule has 0 N–H and O–H groups in total. The van der Waals surface area contributed by atoms with Gasteiger partial charge < -0.3 is 14.2 Å². The summed E-state index contributed by atoms with van der Waals surface area (Å²) in [6.07, 6.45) is 3.21. The maximum atomic E-state index is 5.71. The SMILES string of the molecule is CCOC1CCOCCCC(C)O1. The number of rotatable bonds is 2. The summed E-state index contributed by atoms with van der Waals surface area (Å²) >= 11 is 0. The Balaban J connectivity index is 2.32. The Bertz CT molecular complexity index is 127. The lowest BCUT2D eigenvalue weighted by Crippen LogP contribution is -2.23. The molecule has 1 rings (SSSR count). The third kappa shape index (κ3) is 4.60. The predicted molar refractivity (Wildman–Crippen MR) is 50.6 cm³/mol. The lowest BCUT2D eigenvalue weighted by Gasteiger charge is -2.20. The molecule has 3 nitrogen and oxygen atoms in total. The van der Waals surface area contributed by atoms with Crippen LogP contribution in [0.3, 0.4) is 0 Å². The van der Waals surface area contributed by atoms with Crippen molar-refractivity contribution in [2.24, 2.45) is 0 Å². The number of hydrogen-bond donors (Lipinski definition) is 0. The van der Waals surface area contributed by atoms with E-state index in [2.05, 4.69) is 6.92 Å². The first-order valence-electron chi connectivity index (χ1n) is 5.17. The van der Waals surface area contributed by atoms with Gasteiger partial charge in [-0.1, -0.05) is 0 Å². The van der Waals surface area contributed by atoms with Crippen molar-refractivity contribution in [2.45, 2.75) is 45.5 Å². The largest absolute Gasteiger partial charge is 0.381 e. The molecule has 0 aromatic heterocycles. The fourth-order valence-electron chi connectivity index (χ4n) is 1.46. The Hall–Kier alpha value is -0.120. The summed E-state index contributed by atoms with van der Waals surface area (Å²) in [6.45, 7) is 6.39. The van der Waals surface area contributed by atoms with Gasteiger partial charge in [0.05, 0.1) is 12.7 Å². The van der Waals surface area contributed by atoms with Gasteiger partial charge in [-0.2, -0.15) is 0 Å². The zero-order chi connectivity index (χ0) is 9.52. The van der Waals surface area contributed by atoms with E-state index in [1.54, 1.807) is 0 Å². The first-order chi connectivity index (χ1) is 6.33. The van der Waals surface area contributed by atoms with Gasteiger partial charge in [-0.15, -0.1) is 0 Å². The summed E-state index contributed by atoms with van der Waals surface area (Å²) in [4.78, 5) is 0. The van der Waals surface area contributed by atoms with E-state index in [1.807, 2.05) is 6.92 Å². The van der Waals surface area contributed by atoms with E-state index in [9.17, 15) is 0 Å². The second-order valence-corrected chi connectivity index (χ2v) is 3.37. The third-order valence-corrected chi connectivity index (χ3v) is 2.13. The average Bonchev–Trinajstić information content (AvgIpc) is 2.18. The van der Waals surface area contributed by atoms with Gasteiger partial charge in [-0.3, -0.25) is 0 Å². The van der Waals surface area contributed by atoms with Crippen molar-refractivity contribution in [3.8, 4) is 0 Å². The second kappa shape index (κ2) is 6.35. The maximum absolute atomic E-state index is 5.71. The number of ether oxygens (including phenoxy) is 3. The molecular weight excluding hydrogens is 168 g/mol. The van der Waals surface area contributed by atoms with E-state index in [0.717, 1.165) is 32.5 Å². The molecule has 1 heterocycles. The van der Waals surface area contributed by atoms with Crippen molar-refractivity contribution in [3.63, 3.8) is 0 Å². The van der Waals surface area contributed by atoms with Gasteiger partial charge in [0.2, 0.25) is 0 Å². The second-order valence-electron chi connectivity index (χ2n) is 3.37. The molecule has 0 amide bonds. The highest BCUT2D eigenvalue weighted by atomic mass is 16.7. The molecule has 78 valence electrons. The molecule has 0 aromatic rings.